The van der Waals surface area contributed by atoms with Gasteiger partial charge >= 0.3 is 0 Å². The maximum Gasteiger partial charge on any atom is 0.245 e. The monoisotopic (exact) mass is 376 g/mol. The number of hydrogen-bond donors (Lipinski definition) is 1. The molecule has 1 spiro atoms. The van der Waals surface area contributed by atoms with Gasteiger partial charge in [-0.25, -0.2) is 0 Å². The highest BCUT2D eigenvalue weighted by Gasteiger charge is 2.57. The summed E-state index contributed by atoms with van der Waals surface area (Å²) in [6.45, 7) is 1.46. The zero-order valence-corrected chi connectivity index (χ0v) is 15.4. The number of carbonyl (C=O) groups excluding carboxylic acids is 2. The van der Waals surface area contributed by atoms with Crippen LogP contribution in [0, 0.1) is 0 Å². The van der Waals surface area contributed by atoms with Crippen LogP contribution >= 0.6 is 0 Å². The van der Waals surface area contributed by atoms with Crippen LogP contribution in [0.3, 0.4) is 0 Å². The molecular formula is C22H20N2O4. The number of para-hydroxylation sites is 1. The molecule has 4 aliphatic heterocycles. The Labute approximate surface area is 162 Å². The number of nitrogens with zero attached hydrogens (tertiary/aromatic N) is 1. The van der Waals surface area contributed by atoms with Crippen LogP contribution in [0.4, 0.5) is 5.69 Å². The Morgan fingerprint density at radius 1 is 1.07 bits per heavy atom. The number of anilines is 1. The predicted molar refractivity (Wildman–Crippen MR) is 102 cm³/mol. The van der Waals surface area contributed by atoms with E-state index in [-0.39, 0.29) is 17.9 Å². The molecule has 142 valence electrons. The lowest BCUT2D eigenvalue weighted by Gasteiger charge is -2.25. The van der Waals surface area contributed by atoms with Crippen molar-refractivity contribution in [3.8, 4) is 11.5 Å². The number of nitrogens with one attached hydrogen (secondary N) is 1. The summed E-state index contributed by atoms with van der Waals surface area (Å²) < 4.78 is 11.7. The summed E-state index contributed by atoms with van der Waals surface area (Å²) >= 11 is 0. The van der Waals surface area contributed by atoms with Gasteiger partial charge in [0.05, 0.1) is 6.61 Å². The highest BCUT2D eigenvalue weighted by molar-refractivity contribution is 6.11. The Kier molecular flexibility index (Phi) is 3.14. The molecule has 28 heavy (non-hydrogen) atoms. The van der Waals surface area contributed by atoms with E-state index in [1.165, 1.54) is 0 Å². The molecule has 6 rings (SSSR count). The van der Waals surface area contributed by atoms with Crippen molar-refractivity contribution in [2.75, 3.05) is 24.7 Å². The van der Waals surface area contributed by atoms with E-state index in [0.717, 1.165) is 46.7 Å². The van der Waals surface area contributed by atoms with Crippen molar-refractivity contribution >= 4 is 17.5 Å². The summed E-state index contributed by atoms with van der Waals surface area (Å²) in [4.78, 5) is 27.3. The molecule has 1 saturated heterocycles. The first-order valence-corrected chi connectivity index (χ1v) is 9.81. The summed E-state index contributed by atoms with van der Waals surface area (Å²) in [5, 5.41) is 2.98. The van der Waals surface area contributed by atoms with Gasteiger partial charge < -0.3 is 19.7 Å². The fourth-order valence-electron chi connectivity index (χ4n) is 5.06. The van der Waals surface area contributed by atoms with Crippen molar-refractivity contribution < 1.29 is 19.1 Å². The van der Waals surface area contributed by atoms with E-state index >= 15 is 0 Å². The van der Waals surface area contributed by atoms with Crippen LogP contribution in [-0.2, 0) is 21.4 Å². The molecule has 0 aromatic heterocycles. The molecule has 6 nitrogen and oxygen atoms in total. The van der Waals surface area contributed by atoms with Gasteiger partial charge in [-0.2, -0.15) is 0 Å². The van der Waals surface area contributed by atoms with Crippen molar-refractivity contribution in [1.29, 1.82) is 0 Å². The topological polar surface area (TPSA) is 67.9 Å². The molecule has 0 radical (unpaired) electrons. The molecule has 4 aliphatic rings. The van der Waals surface area contributed by atoms with Gasteiger partial charge in [-0.05, 0) is 29.7 Å². The van der Waals surface area contributed by atoms with Crippen LogP contribution in [0.25, 0.3) is 0 Å². The van der Waals surface area contributed by atoms with Crippen LogP contribution in [-0.4, -0.2) is 37.6 Å². The molecule has 0 bridgehead atoms. The normalized spacial score (nSPS) is 26.7. The number of amides is 2. The molecule has 2 aromatic carbocycles. The molecule has 1 fully saturated rings. The number of hydrogen-bond acceptors (Lipinski definition) is 4. The minimum Gasteiger partial charge on any atom is -0.493 e. The van der Waals surface area contributed by atoms with E-state index in [4.69, 9.17) is 9.47 Å². The Morgan fingerprint density at radius 2 is 1.96 bits per heavy atom. The van der Waals surface area contributed by atoms with E-state index in [0.29, 0.717) is 26.2 Å². The number of rotatable bonds is 2. The van der Waals surface area contributed by atoms with Gasteiger partial charge in [0.15, 0.2) is 0 Å². The third kappa shape index (κ3) is 1.97. The SMILES string of the molecule is O=C1CC[C@@H](CN2C(=O)C3(COc4cc5c(cc43)CCO5)c3ccccc32)N1. The minimum absolute atomic E-state index is 0.00475. The third-order valence-electron chi connectivity index (χ3n) is 6.45. The van der Waals surface area contributed by atoms with Gasteiger partial charge in [-0.3, -0.25) is 9.59 Å². The van der Waals surface area contributed by atoms with Gasteiger partial charge in [0.1, 0.15) is 23.5 Å². The average Bonchev–Trinajstić information content (AvgIpc) is 3.45. The van der Waals surface area contributed by atoms with Gasteiger partial charge in [-0.15, -0.1) is 0 Å². The summed E-state index contributed by atoms with van der Waals surface area (Å²) in [7, 11) is 0. The van der Waals surface area contributed by atoms with Gasteiger partial charge in [0.25, 0.3) is 0 Å². The molecular weight excluding hydrogens is 356 g/mol. The standard InChI is InChI=1S/C22H20N2O4/c25-20-6-5-14(23-20)11-24-17-4-2-1-3-15(17)22(21(24)26)12-28-19-10-18-13(7-8-27-18)9-16(19)22/h1-4,9-10,14H,5-8,11-12H2,(H,23,25)/t14-,22?/m0/s1. The maximum atomic E-state index is 13.8. The van der Waals surface area contributed by atoms with E-state index < -0.39 is 5.41 Å². The average molecular weight is 376 g/mol. The second kappa shape index (κ2) is 5.50. The first-order chi connectivity index (χ1) is 13.7. The van der Waals surface area contributed by atoms with Gasteiger partial charge in [0, 0.05) is 42.7 Å². The van der Waals surface area contributed by atoms with E-state index in [1.54, 1.807) is 0 Å². The molecule has 6 heteroatoms. The van der Waals surface area contributed by atoms with Crippen molar-refractivity contribution in [3.05, 3.63) is 53.1 Å². The Morgan fingerprint density at radius 3 is 2.82 bits per heavy atom. The summed E-state index contributed by atoms with van der Waals surface area (Å²) in [6.07, 6.45) is 2.14. The quantitative estimate of drug-likeness (QED) is 0.870. The molecule has 0 saturated carbocycles. The Bertz CT molecular complexity index is 1030. The lowest BCUT2D eigenvalue weighted by Crippen LogP contribution is -2.46. The van der Waals surface area contributed by atoms with Crippen LogP contribution in [0.2, 0.25) is 0 Å². The smallest absolute Gasteiger partial charge is 0.245 e. The molecule has 4 heterocycles. The van der Waals surface area contributed by atoms with Crippen LogP contribution < -0.4 is 19.7 Å². The fraction of sp³-hybridized carbons (Fsp3) is 0.364. The predicted octanol–water partition coefficient (Wildman–Crippen LogP) is 1.93. The molecule has 2 atom stereocenters. The Balaban J connectivity index is 1.47. The van der Waals surface area contributed by atoms with E-state index in [1.807, 2.05) is 35.2 Å². The largest absolute Gasteiger partial charge is 0.493 e. The van der Waals surface area contributed by atoms with Crippen LogP contribution in [0.1, 0.15) is 29.5 Å². The molecule has 2 amide bonds. The fourth-order valence-corrected chi connectivity index (χ4v) is 5.06. The van der Waals surface area contributed by atoms with E-state index in [2.05, 4.69) is 11.4 Å². The minimum atomic E-state index is -0.813. The lowest BCUT2D eigenvalue weighted by molar-refractivity contribution is -0.122. The molecule has 2 aromatic rings. The second-order valence-corrected chi connectivity index (χ2v) is 7.98. The van der Waals surface area contributed by atoms with Gasteiger partial charge in [0.2, 0.25) is 11.8 Å². The molecule has 1 N–H and O–H groups in total. The number of benzene rings is 2. The van der Waals surface area contributed by atoms with Gasteiger partial charge in [-0.1, -0.05) is 18.2 Å². The van der Waals surface area contributed by atoms with Crippen molar-refractivity contribution in [2.45, 2.75) is 30.7 Å². The van der Waals surface area contributed by atoms with Crippen molar-refractivity contribution in [2.24, 2.45) is 0 Å². The first-order valence-electron chi connectivity index (χ1n) is 9.81. The summed E-state index contributed by atoms with van der Waals surface area (Å²) in [6, 6.07) is 12.0. The molecule has 0 aliphatic carbocycles. The second-order valence-electron chi connectivity index (χ2n) is 7.98. The summed E-state index contributed by atoms with van der Waals surface area (Å²) in [5.41, 5.74) is 3.16. The Hall–Kier alpha value is -3.02. The molecule has 1 unspecified atom stereocenters. The zero-order chi connectivity index (χ0) is 18.9. The lowest BCUT2D eigenvalue weighted by atomic mass is 9.76. The van der Waals surface area contributed by atoms with Crippen molar-refractivity contribution in [1.82, 2.24) is 5.32 Å². The van der Waals surface area contributed by atoms with Crippen molar-refractivity contribution in [3.63, 3.8) is 0 Å². The number of fused-ring (bicyclic) bond motifs is 5. The zero-order valence-electron chi connectivity index (χ0n) is 15.4. The number of carbonyl (C=O) groups is 2. The summed E-state index contributed by atoms with van der Waals surface area (Å²) in [5.74, 6) is 1.69. The van der Waals surface area contributed by atoms with Crippen LogP contribution in [0.15, 0.2) is 36.4 Å². The van der Waals surface area contributed by atoms with Crippen LogP contribution in [0.5, 0.6) is 11.5 Å². The highest BCUT2D eigenvalue weighted by atomic mass is 16.5. The first kappa shape index (κ1) is 16.0. The highest BCUT2D eigenvalue weighted by Crippen LogP contribution is 2.53. The number of ether oxygens (including phenoxy) is 2. The van der Waals surface area contributed by atoms with E-state index in [9.17, 15) is 9.59 Å². The maximum absolute atomic E-state index is 13.8. The third-order valence-corrected chi connectivity index (χ3v) is 6.45.